The van der Waals surface area contributed by atoms with E-state index >= 15 is 0 Å². The van der Waals surface area contributed by atoms with Crippen molar-refractivity contribution in [2.24, 2.45) is 0 Å². The van der Waals surface area contributed by atoms with Crippen LogP contribution in [0, 0.1) is 0 Å². The number of ether oxygens (including phenoxy) is 5. The van der Waals surface area contributed by atoms with Gasteiger partial charge in [0.2, 0.25) is 5.91 Å². The van der Waals surface area contributed by atoms with Gasteiger partial charge in [-0.3, -0.25) is 34.1 Å². The van der Waals surface area contributed by atoms with E-state index in [1.807, 2.05) is 0 Å². The number of barbiturate groups is 1. The van der Waals surface area contributed by atoms with Gasteiger partial charge >= 0.3 is 29.9 Å². The molecule has 0 spiro atoms. The average Bonchev–Trinajstić information content (AvgIpc) is 2.86. The second-order valence-electron chi connectivity index (χ2n) is 9.15. The average molecular weight is 563 g/mol. The van der Waals surface area contributed by atoms with Gasteiger partial charge in [0.1, 0.15) is 12.7 Å². The number of imide groups is 2. The van der Waals surface area contributed by atoms with Crippen LogP contribution in [0.15, 0.2) is 30.3 Å². The van der Waals surface area contributed by atoms with E-state index in [0.717, 1.165) is 27.7 Å². The Labute approximate surface area is 229 Å². The van der Waals surface area contributed by atoms with Crippen LogP contribution in [0.4, 0.5) is 4.79 Å². The van der Waals surface area contributed by atoms with Gasteiger partial charge in [0, 0.05) is 27.7 Å². The first-order chi connectivity index (χ1) is 18.8. The first-order valence-corrected chi connectivity index (χ1v) is 12.4. The molecule has 2 aliphatic heterocycles. The molecule has 216 valence electrons. The van der Waals surface area contributed by atoms with Crippen LogP contribution in [-0.2, 0) is 57.9 Å². The second-order valence-corrected chi connectivity index (χ2v) is 9.15. The van der Waals surface area contributed by atoms with E-state index in [4.69, 9.17) is 23.7 Å². The zero-order valence-corrected chi connectivity index (χ0v) is 22.5. The lowest BCUT2D eigenvalue weighted by molar-refractivity contribution is -0.271. The number of nitrogens with zero attached hydrogens (tertiary/aromatic N) is 1. The van der Waals surface area contributed by atoms with E-state index in [1.54, 1.807) is 37.3 Å². The first-order valence-electron chi connectivity index (χ1n) is 12.4. The van der Waals surface area contributed by atoms with Gasteiger partial charge in [-0.05, 0) is 12.0 Å². The summed E-state index contributed by atoms with van der Waals surface area (Å²) in [4.78, 5) is 88.9. The molecule has 0 bridgehead atoms. The van der Waals surface area contributed by atoms with Gasteiger partial charge in [0.25, 0.3) is 5.91 Å². The van der Waals surface area contributed by atoms with Crippen LogP contribution in [0.2, 0.25) is 0 Å². The monoisotopic (exact) mass is 562 g/mol. The van der Waals surface area contributed by atoms with Gasteiger partial charge in [0.15, 0.2) is 30.0 Å². The Morgan fingerprint density at radius 2 is 1.40 bits per heavy atom. The Morgan fingerprint density at radius 3 is 1.93 bits per heavy atom. The van der Waals surface area contributed by atoms with Crippen LogP contribution < -0.4 is 5.32 Å². The SMILES string of the molecule is CCC1(c2ccccc2)C(=O)NC(=O)N([C@@H]2O[C@H](COC(C)=O)[C@@H](OC(C)=O)[C@H](OC(C)=O)[C@H]2OC(C)=O)C1=O. The molecule has 2 heterocycles. The smallest absolute Gasteiger partial charge is 0.333 e. The molecule has 40 heavy (non-hydrogen) atoms. The largest absolute Gasteiger partial charge is 0.463 e. The standard InChI is InChI=1S/C26H30N2O12/c1-6-26(17-10-8-7-9-11-17)23(33)27-25(35)28(24(26)34)22-21(39-16(5)32)20(38-15(4)31)19(37-14(3)30)18(40-22)12-36-13(2)29/h7-11,18-22H,6,12H2,1-5H3,(H,27,33,35)/t18-,19-,20+,21-,22-,26?/m1/s1. The van der Waals surface area contributed by atoms with Crippen molar-refractivity contribution in [3.63, 3.8) is 0 Å². The molecule has 14 heteroatoms. The maximum atomic E-state index is 14.1. The number of rotatable bonds is 8. The van der Waals surface area contributed by atoms with Crippen molar-refractivity contribution in [1.29, 1.82) is 0 Å². The second kappa shape index (κ2) is 12.2. The van der Waals surface area contributed by atoms with Crippen molar-refractivity contribution in [3.8, 4) is 0 Å². The van der Waals surface area contributed by atoms with Gasteiger partial charge in [-0.25, -0.2) is 9.69 Å². The molecule has 1 N–H and O–H groups in total. The topological polar surface area (TPSA) is 181 Å². The summed E-state index contributed by atoms with van der Waals surface area (Å²) in [7, 11) is 0. The molecule has 6 atom stereocenters. The first kappa shape index (κ1) is 30.2. The van der Waals surface area contributed by atoms with Crippen molar-refractivity contribution < 1.29 is 57.2 Å². The van der Waals surface area contributed by atoms with Gasteiger partial charge in [-0.15, -0.1) is 0 Å². The van der Waals surface area contributed by atoms with E-state index in [9.17, 15) is 33.6 Å². The predicted octanol–water partition coefficient (Wildman–Crippen LogP) is 0.496. The highest BCUT2D eigenvalue weighted by molar-refractivity contribution is 6.23. The normalized spacial score (nSPS) is 28.3. The molecule has 14 nitrogen and oxygen atoms in total. The summed E-state index contributed by atoms with van der Waals surface area (Å²) in [6.45, 7) is 5.24. The zero-order valence-electron chi connectivity index (χ0n) is 22.5. The third kappa shape index (κ3) is 5.96. The number of amides is 4. The van der Waals surface area contributed by atoms with Crippen LogP contribution in [0.1, 0.15) is 46.6 Å². The van der Waals surface area contributed by atoms with Crippen molar-refractivity contribution in [2.75, 3.05) is 6.61 Å². The number of carbonyl (C=O) groups is 7. The fourth-order valence-electron chi connectivity index (χ4n) is 4.80. The zero-order chi connectivity index (χ0) is 29.8. The Hall–Kier alpha value is -4.33. The summed E-state index contributed by atoms with van der Waals surface area (Å²) in [6.07, 6.45) is -8.11. The number of urea groups is 1. The van der Waals surface area contributed by atoms with E-state index in [1.165, 1.54) is 0 Å². The summed E-state index contributed by atoms with van der Waals surface area (Å²) in [5.74, 6) is -5.26. The van der Waals surface area contributed by atoms with Crippen LogP contribution in [-0.4, -0.2) is 83.9 Å². The van der Waals surface area contributed by atoms with Gasteiger partial charge < -0.3 is 23.7 Å². The number of carbonyl (C=O) groups excluding carboxylic acids is 7. The van der Waals surface area contributed by atoms with Crippen molar-refractivity contribution in [1.82, 2.24) is 10.2 Å². The molecular weight excluding hydrogens is 532 g/mol. The van der Waals surface area contributed by atoms with E-state index in [0.29, 0.717) is 4.90 Å². The molecule has 0 aliphatic carbocycles. The van der Waals surface area contributed by atoms with E-state index in [-0.39, 0.29) is 12.0 Å². The lowest BCUT2D eigenvalue weighted by Gasteiger charge is -2.49. The quantitative estimate of drug-likeness (QED) is 0.264. The Bertz CT molecular complexity index is 1200. The number of hydrogen-bond donors (Lipinski definition) is 1. The van der Waals surface area contributed by atoms with Gasteiger partial charge in [-0.1, -0.05) is 37.3 Å². The maximum absolute atomic E-state index is 14.1. The molecule has 0 aromatic heterocycles. The third-order valence-corrected chi connectivity index (χ3v) is 6.43. The number of hydrogen-bond acceptors (Lipinski definition) is 12. The van der Waals surface area contributed by atoms with E-state index in [2.05, 4.69) is 5.32 Å². The highest BCUT2D eigenvalue weighted by Crippen LogP contribution is 2.38. The lowest BCUT2D eigenvalue weighted by Crippen LogP contribution is -2.74. The summed E-state index contributed by atoms with van der Waals surface area (Å²) in [5, 5.41) is 2.16. The van der Waals surface area contributed by atoms with Crippen LogP contribution >= 0.6 is 0 Å². The molecule has 1 aromatic rings. The molecular formula is C26H30N2O12. The highest BCUT2D eigenvalue weighted by atomic mass is 16.7. The van der Waals surface area contributed by atoms with Crippen molar-refractivity contribution >= 4 is 41.7 Å². The lowest BCUT2D eigenvalue weighted by atomic mass is 9.74. The fourth-order valence-corrected chi connectivity index (χ4v) is 4.80. The van der Waals surface area contributed by atoms with Crippen LogP contribution in [0.5, 0.6) is 0 Å². The predicted molar refractivity (Wildman–Crippen MR) is 131 cm³/mol. The minimum Gasteiger partial charge on any atom is -0.463 e. The van der Waals surface area contributed by atoms with Crippen molar-refractivity contribution in [2.45, 2.75) is 77.1 Å². The van der Waals surface area contributed by atoms with Crippen LogP contribution in [0.3, 0.4) is 0 Å². The molecule has 2 aliphatic rings. The summed E-state index contributed by atoms with van der Waals surface area (Å²) in [5.41, 5.74) is -1.60. The summed E-state index contributed by atoms with van der Waals surface area (Å²) in [6, 6.07) is 6.80. The molecule has 1 unspecified atom stereocenters. The molecule has 2 saturated heterocycles. The van der Waals surface area contributed by atoms with Crippen LogP contribution in [0.25, 0.3) is 0 Å². The van der Waals surface area contributed by atoms with Gasteiger partial charge in [-0.2, -0.15) is 0 Å². The maximum Gasteiger partial charge on any atom is 0.333 e. The highest BCUT2D eigenvalue weighted by Gasteiger charge is 2.61. The fraction of sp³-hybridized carbons (Fsp3) is 0.500. The molecule has 0 saturated carbocycles. The third-order valence-electron chi connectivity index (χ3n) is 6.43. The Kier molecular flexibility index (Phi) is 9.24. The Morgan fingerprint density at radius 1 is 0.850 bits per heavy atom. The number of nitrogens with one attached hydrogen (secondary N) is 1. The molecule has 2 fully saturated rings. The van der Waals surface area contributed by atoms with Gasteiger partial charge in [0.05, 0.1) is 0 Å². The molecule has 1 aromatic carbocycles. The minimum absolute atomic E-state index is 0.0727. The summed E-state index contributed by atoms with van der Waals surface area (Å²) >= 11 is 0. The Balaban J connectivity index is 2.19. The molecule has 3 rings (SSSR count). The van der Waals surface area contributed by atoms with Crippen molar-refractivity contribution in [3.05, 3.63) is 35.9 Å². The minimum atomic E-state index is -1.88. The number of benzene rings is 1. The molecule has 0 radical (unpaired) electrons. The summed E-state index contributed by atoms with van der Waals surface area (Å²) < 4.78 is 27.1. The van der Waals surface area contributed by atoms with E-state index < -0.39 is 84.4 Å². The number of esters is 4. The molecule has 4 amide bonds.